The molecule has 14 heavy (non-hydrogen) atoms. The highest BCUT2D eigenvalue weighted by Gasteiger charge is 2.33. The molecule has 0 unspecified atom stereocenters. The molecule has 7 heteroatoms. The standard InChI is InChI=1S/C7H14O7/c8-1-3(10)5(12)7(14)6(13)4(11)2-9/h3,5-10,12-14H,1-2H2/t3-,5+,6+,7-/m1/s1. The van der Waals surface area contributed by atoms with Gasteiger partial charge in [0, 0.05) is 0 Å². The maximum Gasteiger partial charge on any atom is 0.189 e. The highest BCUT2D eigenvalue weighted by atomic mass is 16.4. The van der Waals surface area contributed by atoms with E-state index >= 15 is 0 Å². The summed E-state index contributed by atoms with van der Waals surface area (Å²) in [5.41, 5.74) is 0. The van der Waals surface area contributed by atoms with Crippen LogP contribution in [0, 0.1) is 0 Å². The van der Waals surface area contributed by atoms with Gasteiger partial charge >= 0.3 is 0 Å². The molecule has 0 aliphatic heterocycles. The third-order valence-electron chi connectivity index (χ3n) is 1.74. The predicted octanol–water partition coefficient (Wildman–Crippen LogP) is -4.02. The van der Waals surface area contributed by atoms with E-state index < -0.39 is 43.4 Å². The maximum atomic E-state index is 10.7. The first kappa shape index (κ1) is 13.4. The summed E-state index contributed by atoms with van der Waals surface area (Å²) < 4.78 is 0. The lowest BCUT2D eigenvalue weighted by atomic mass is 10.0. The van der Waals surface area contributed by atoms with Crippen LogP contribution < -0.4 is 0 Å². The zero-order chi connectivity index (χ0) is 11.3. The molecule has 0 aliphatic rings. The Labute approximate surface area is 79.9 Å². The normalized spacial score (nSPS) is 19.9. The molecule has 0 saturated heterocycles. The molecule has 0 saturated carbocycles. The minimum absolute atomic E-state index is 0.821. The smallest absolute Gasteiger partial charge is 0.189 e. The number of hydrogen-bond donors (Lipinski definition) is 6. The van der Waals surface area contributed by atoms with Crippen molar-refractivity contribution in [3.05, 3.63) is 0 Å². The van der Waals surface area contributed by atoms with E-state index in [2.05, 4.69) is 0 Å². The van der Waals surface area contributed by atoms with Crippen molar-refractivity contribution in [2.45, 2.75) is 24.4 Å². The Morgan fingerprint density at radius 1 is 1.00 bits per heavy atom. The van der Waals surface area contributed by atoms with E-state index in [1.165, 1.54) is 0 Å². The molecule has 0 aromatic carbocycles. The van der Waals surface area contributed by atoms with E-state index in [9.17, 15) is 4.79 Å². The molecule has 84 valence electrons. The fourth-order valence-corrected chi connectivity index (χ4v) is 0.806. The van der Waals surface area contributed by atoms with Crippen molar-refractivity contribution in [1.29, 1.82) is 0 Å². The molecule has 7 nitrogen and oxygen atoms in total. The fourth-order valence-electron chi connectivity index (χ4n) is 0.806. The second-order valence-electron chi connectivity index (χ2n) is 2.80. The molecule has 0 aromatic rings. The van der Waals surface area contributed by atoms with E-state index in [0.717, 1.165) is 0 Å². The second-order valence-corrected chi connectivity index (χ2v) is 2.80. The maximum absolute atomic E-state index is 10.7. The van der Waals surface area contributed by atoms with Gasteiger partial charge in [0.25, 0.3) is 0 Å². The van der Waals surface area contributed by atoms with Gasteiger partial charge in [-0.1, -0.05) is 0 Å². The van der Waals surface area contributed by atoms with Gasteiger partial charge in [-0.15, -0.1) is 0 Å². The lowest BCUT2D eigenvalue weighted by Gasteiger charge is -2.24. The topological polar surface area (TPSA) is 138 Å². The van der Waals surface area contributed by atoms with Gasteiger partial charge in [0.2, 0.25) is 0 Å². The van der Waals surface area contributed by atoms with Crippen molar-refractivity contribution in [2.24, 2.45) is 0 Å². The van der Waals surface area contributed by atoms with Crippen LogP contribution >= 0.6 is 0 Å². The highest BCUT2D eigenvalue weighted by molar-refractivity contribution is 5.84. The molecule has 0 amide bonds. The van der Waals surface area contributed by atoms with Crippen LogP contribution in [-0.4, -0.2) is 74.1 Å². The first-order valence-electron chi connectivity index (χ1n) is 3.92. The third-order valence-corrected chi connectivity index (χ3v) is 1.74. The molecule has 0 heterocycles. The molecule has 0 radical (unpaired) electrons. The van der Waals surface area contributed by atoms with Crippen LogP contribution in [0.1, 0.15) is 0 Å². The Bertz CT molecular complexity index is 183. The Hall–Kier alpha value is -0.570. The molecule has 0 aliphatic carbocycles. The highest BCUT2D eigenvalue weighted by Crippen LogP contribution is 2.05. The lowest BCUT2D eigenvalue weighted by molar-refractivity contribution is -0.149. The van der Waals surface area contributed by atoms with E-state index in [4.69, 9.17) is 30.6 Å². The van der Waals surface area contributed by atoms with Crippen molar-refractivity contribution in [1.82, 2.24) is 0 Å². The van der Waals surface area contributed by atoms with Crippen LogP contribution in [0.4, 0.5) is 0 Å². The number of aliphatic hydroxyl groups is 6. The van der Waals surface area contributed by atoms with Crippen molar-refractivity contribution in [3.8, 4) is 0 Å². The number of carbonyl (C=O) groups is 1. The molecule has 6 N–H and O–H groups in total. The lowest BCUT2D eigenvalue weighted by Crippen LogP contribution is -2.49. The molecule has 0 fully saturated rings. The largest absolute Gasteiger partial charge is 0.394 e. The van der Waals surface area contributed by atoms with Crippen LogP contribution in [0.25, 0.3) is 0 Å². The second kappa shape index (κ2) is 6.02. The molecular formula is C7H14O7. The summed E-state index contributed by atoms with van der Waals surface area (Å²) in [7, 11) is 0. The quantitative estimate of drug-likeness (QED) is 0.262. The number of aliphatic hydroxyl groups excluding tert-OH is 6. The zero-order valence-electron chi connectivity index (χ0n) is 7.32. The van der Waals surface area contributed by atoms with Gasteiger partial charge in [-0.05, 0) is 0 Å². The predicted molar refractivity (Wildman–Crippen MR) is 43.2 cm³/mol. The Morgan fingerprint density at radius 3 is 1.86 bits per heavy atom. The van der Waals surface area contributed by atoms with E-state index in [-0.39, 0.29) is 0 Å². The van der Waals surface area contributed by atoms with Gasteiger partial charge < -0.3 is 30.6 Å². The van der Waals surface area contributed by atoms with Crippen LogP contribution in [0.15, 0.2) is 0 Å². The van der Waals surface area contributed by atoms with Gasteiger partial charge in [0.15, 0.2) is 5.78 Å². The Kier molecular flexibility index (Phi) is 5.77. The van der Waals surface area contributed by atoms with Crippen molar-refractivity contribution in [2.75, 3.05) is 13.2 Å². The summed E-state index contributed by atoms with van der Waals surface area (Å²) in [5, 5.41) is 52.7. The van der Waals surface area contributed by atoms with Gasteiger partial charge in [-0.25, -0.2) is 0 Å². The zero-order valence-corrected chi connectivity index (χ0v) is 7.32. The Balaban J connectivity index is 4.30. The summed E-state index contributed by atoms with van der Waals surface area (Å²) in [4.78, 5) is 10.7. The first-order chi connectivity index (χ1) is 6.45. The van der Waals surface area contributed by atoms with E-state index in [1.54, 1.807) is 0 Å². The summed E-state index contributed by atoms with van der Waals surface area (Å²) in [5.74, 6) is -1.08. The monoisotopic (exact) mass is 210 g/mol. The van der Waals surface area contributed by atoms with Gasteiger partial charge in [0.05, 0.1) is 6.61 Å². The molecular weight excluding hydrogens is 196 g/mol. The SMILES string of the molecule is O=C(CO)[C@H](O)[C@H](O)[C@@H](O)[C@H](O)CO. The summed E-state index contributed by atoms with van der Waals surface area (Å²) >= 11 is 0. The molecule has 4 atom stereocenters. The van der Waals surface area contributed by atoms with Crippen LogP contribution in [0.2, 0.25) is 0 Å². The molecule has 0 rings (SSSR count). The van der Waals surface area contributed by atoms with Crippen LogP contribution in [-0.2, 0) is 4.79 Å². The number of ketones is 1. The minimum atomic E-state index is -1.99. The average molecular weight is 210 g/mol. The molecule has 0 aromatic heterocycles. The fraction of sp³-hybridized carbons (Fsp3) is 0.857. The minimum Gasteiger partial charge on any atom is -0.394 e. The van der Waals surface area contributed by atoms with Gasteiger partial charge in [-0.3, -0.25) is 4.79 Å². The number of rotatable bonds is 6. The summed E-state index contributed by atoms with van der Waals surface area (Å²) in [6.45, 7) is -1.81. The van der Waals surface area contributed by atoms with E-state index in [1.807, 2.05) is 0 Å². The number of hydrogen-bond acceptors (Lipinski definition) is 7. The average Bonchev–Trinajstić information content (AvgIpc) is 2.23. The van der Waals surface area contributed by atoms with Crippen LogP contribution in [0.3, 0.4) is 0 Å². The molecule has 0 spiro atoms. The Morgan fingerprint density at radius 2 is 1.50 bits per heavy atom. The van der Waals surface area contributed by atoms with Crippen molar-refractivity contribution >= 4 is 5.78 Å². The van der Waals surface area contributed by atoms with Crippen molar-refractivity contribution < 1.29 is 35.4 Å². The number of carbonyl (C=O) groups excluding carboxylic acids is 1. The van der Waals surface area contributed by atoms with E-state index in [0.29, 0.717) is 0 Å². The number of Topliss-reactive ketones (excluding diaryl/α,β-unsaturated/α-hetero) is 1. The van der Waals surface area contributed by atoms with Gasteiger partial charge in [0.1, 0.15) is 31.0 Å². The van der Waals surface area contributed by atoms with Crippen LogP contribution in [0.5, 0.6) is 0 Å². The van der Waals surface area contributed by atoms with Crippen molar-refractivity contribution in [3.63, 3.8) is 0 Å². The summed E-state index contributed by atoms with van der Waals surface area (Å²) in [6, 6.07) is 0. The first-order valence-corrected chi connectivity index (χ1v) is 3.92. The molecule has 0 bridgehead atoms. The third kappa shape index (κ3) is 3.29. The van der Waals surface area contributed by atoms with Gasteiger partial charge in [-0.2, -0.15) is 0 Å². The summed E-state index contributed by atoms with van der Waals surface area (Å²) in [6.07, 6.45) is -7.45.